The third kappa shape index (κ3) is 3.38. The average molecular weight is 307 g/mol. The molecule has 1 heterocycles. The Balaban J connectivity index is 1.91. The molecule has 3 rings (SSSR count). The maximum Gasteiger partial charge on any atom is 0.360 e. The molecule has 108 valence electrons. The average Bonchev–Trinajstić information content (AvgIpc) is 2.62. The van der Waals surface area contributed by atoms with E-state index in [2.05, 4.69) is 4.98 Å². The van der Waals surface area contributed by atoms with Gasteiger partial charge in [-0.15, -0.1) is 0 Å². The van der Waals surface area contributed by atoms with Gasteiger partial charge in [0.15, 0.2) is 8.15 Å². The van der Waals surface area contributed by atoms with Crippen LogP contribution in [0.25, 0.3) is 0 Å². The number of hydrogen-bond acceptors (Lipinski definition) is 3. The fourth-order valence-corrected chi connectivity index (χ4v) is 3.65. The fourth-order valence-electron chi connectivity index (χ4n) is 1.99. The minimum atomic E-state index is -1.20. The van der Waals surface area contributed by atoms with Crippen LogP contribution < -0.4 is 10.6 Å². The van der Waals surface area contributed by atoms with E-state index in [1.54, 1.807) is 24.4 Å². The monoisotopic (exact) mass is 307 g/mol. The smallest absolute Gasteiger partial charge is 0.360 e. The molecule has 0 saturated carbocycles. The van der Waals surface area contributed by atoms with Crippen molar-refractivity contribution in [2.75, 3.05) is 0 Å². The van der Waals surface area contributed by atoms with Gasteiger partial charge in [-0.3, -0.25) is 0 Å². The van der Waals surface area contributed by atoms with E-state index in [0.717, 1.165) is 10.6 Å². The Hall–Kier alpha value is -2.51. The van der Waals surface area contributed by atoms with Gasteiger partial charge in [0.2, 0.25) is 0 Å². The van der Waals surface area contributed by atoms with Gasteiger partial charge >= 0.3 is 5.97 Å². The molecule has 3 aromatic rings. The fraction of sp³-hybridized carbons (Fsp3) is 0. The molecule has 0 aliphatic carbocycles. The van der Waals surface area contributed by atoms with Crippen molar-refractivity contribution >= 4 is 24.7 Å². The molecule has 2 aromatic carbocycles. The number of benzene rings is 2. The molecule has 0 saturated heterocycles. The highest BCUT2D eigenvalue weighted by atomic mass is 31.1. The first-order chi connectivity index (χ1) is 10.8. The van der Waals surface area contributed by atoms with Crippen LogP contribution in [-0.4, -0.2) is 11.0 Å². The molecule has 0 aliphatic heterocycles. The molecule has 0 fully saturated rings. The molecule has 0 aliphatic rings. The summed E-state index contributed by atoms with van der Waals surface area (Å²) < 4.78 is 5.77. The van der Waals surface area contributed by atoms with E-state index >= 15 is 0 Å². The second-order valence-corrected chi connectivity index (χ2v) is 6.36. The molecule has 0 N–H and O–H groups in total. The van der Waals surface area contributed by atoms with E-state index < -0.39 is 14.1 Å². The van der Waals surface area contributed by atoms with Gasteiger partial charge in [0, 0.05) is 16.8 Å². The van der Waals surface area contributed by atoms with Crippen molar-refractivity contribution in [3.05, 3.63) is 90.8 Å². The van der Waals surface area contributed by atoms with Gasteiger partial charge in [-0.2, -0.15) is 0 Å². The van der Waals surface area contributed by atoms with Crippen LogP contribution in [0.3, 0.4) is 0 Å². The number of carbonyl (C=O) groups is 1. The summed E-state index contributed by atoms with van der Waals surface area (Å²) in [5.74, 6) is -0.403. The van der Waals surface area contributed by atoms with Gasteiger partial charge in [0.1, 0.15) is 5.69 Å². The first-order valence-corrected chi connectivity index (χ1v) is 8.14. The van der Waals surface area contributed by atoms with Crippen molar-refractivity contribution in [3.8, 4) is 0 Å². The molecule has 0 atom stereocenters. The lowest BCUT2D eigenvalue weighted by atomic mass is 10.4. The summed E-state index contributed by atoms with van der Waals surface area (Å²) >= 11 is 0. The number of carbonyl (C=O) groups excluding carboxylic acids is 1. The third-order valence-electron chi connectivity index (χ3n) is 3.03. The Kier molecular flexibility index (Phi) is 4.57. The van der Waals surface area contributed by atoms with Crippen LogP contribution >= 0.6 is 8.15 Å². The lowest BCUT2D eigenvalue weighted by molar-refractivity contribution is 0.0753. The minimum absolute atomic E-state index is 0.321. The zero-order chi connectivity index (χ0) is 15.2. The molecule has 0 radical (unpaired) electrons. The van der Waals surface area contributed by atoms with E-state index in [-0.39, 0.29) is 0 Å². The van der Waals surface area contributed by atoms with E-state index in [9.17, 15) is 4.79 Å². The second-order valence-electron chi connectivity index (χ2n) is 4.56. The molecular weight excluding hydrogens is 293 g/mol. The predicted octanol–water partition coefficient (Wildman–Crippen LogP) is 3.29. The van der Waals surface area contributed by atoms with Gasteiger partial charge in [0.25, 0.3) is 0 Å². The van der Waals surface area contributed by atoms with Crippen LogP contribution in [0.2, 0.25) is 0 Å². The standard InChI is InChI=1S/C18H14NO2P/c20-18(17-13-7-8-14-19-17)21-22(15-9-3-1-4-10-15)16-11-5-2-6-12-16/h1-14H. The molecule has 22 heavy (non-hydrogen) atoms. The van der Waals surface area contributed by atoms with Crippen LogP contribution in [-0.2, 0) is 4.52 Å². The van der Waals surface area contributed by atoms with Crippen LogP contribution in [0.4, 0.5) is 0 Å². The highest BCUT2D eigenvalue weighted by Crippen LogP contribution is 2.35. The molecule has 1 aromatic heterocycles. The van der Waals surface area contributed by atoms with Crippen molar-refractivity contribution in [1.29, 1.82) is 0 Å². The van der Waals surface area contributed by atoms with Crippen molar-refractivity contribution in [3.63, 3.8) is 0 Å². The van der Waals surface area contributed by atoms with Gasteiger partial charge < -0.3 is 4.52 Å². The molecule has 3 nitrogen and oxygen atoms in total. The summed E-state index contributed by atoms with van der Waals surface area (Å²) in [6, 6.07) is 24.8. The third-order valence-corrected chi connectivity index (χ3v) is 4.91. The van der Waals surface area contributed by atoms with E-state index in [4.69, 9.17) is 4.52 Å². The Labute approximate surface area is 130 Å². The van der Waals surface area contributed by atoms with E-state index in [1.165, 1.54) is 0 Å². The van der Waals surface area contributed by atoms with Crippen LogP contribution in [0.1, 0.15) is 10.5 Å². The molecule has 0 bridgehead atoms. The largest absolute Gasteiger partial charge is 0.430 e. The quantitative estimate of drug-likeness (QED) is 0.694. The summed E-state index contributed by atoms with van der Waals surface area (Å²) in [6.07, 6.45) is 1.59. The van der Waals surface area contributed by atoms with Crippen molar-refractivity contribution in [1.82, 2.24) is 4.98 Å². The minimum Gasteiger partial charge on any atom is -0.430 e. The maximum atomic E-state index is 12.3. The van der Waals surface area contributed by atoms with Gasteiger partial charge in [0.05, 0.1) is 0 Å². The Morgan fingerprint density at radius 2 is 1.32 bits per heavy atom. The Morgan fingerprint density at radius 1 is 0.773 bits per heavy atom. The highest BCUT2D eigenvalue weighted by molar-refractivity contribution is 7.69. The second kappa shape index (κ2) is 6.97. The molecular formula is C18H14NO2P. The summed E-state index contributed by atoms with van der Waals surface area (Å²) in [7, 11) is -1.20. The summed E-state index contributed by atoms with van der Waals surface area (Å²) in [6.45, 7) is 0. The van der Waals surface area contributed by atoms with Crippen molar-refractivity contribution < 1.29 is 9.32 Å². The molecule has 0 spiro atoms. The van der Waals surface area contributed by atoms with Crippen LogP contribution in [0.5, 0.6) is 0 Å². The Bertz CT molecular complexity index is 693. The highest BCUT2D eigenvalue weighted by Gasteiger charge is 2.21. The number of hydrogen-bond donors (Lipinski definition) is 0. The summed E-state index contributed by atoms with van der Waals surface area (Å²) in [5.41, 5.74) is 0.321. The normalized spacial score (nSPS) is 10.4. The molecule has 4 heteroatoms. The number of nitrogens with zero attached hydrogens (tertiary/aromatic N) is 1. The predicted molar refractivity (Wildman–Crippen MR) is 88.7 cm³/mol. The molecule has 0 unspecified atom stereocenters. The van der Waals surface area contributed by atoms with Crippen LogP contribution in [0, 0.1) is 0 Å². The molecule has 0 amide bonds. The lowest BCUT2D eigenvalue weighted by Gasteiger charge is -2.17. The van der Waals surface area contributed by atoms with Gasteiger partial charge in [-0.25, -0.2) is 9.78 Å². The SMILES string of the molecule is O=C(OP(c1ccccc1)c1ccccc1)c1ccccn1. The van der Waals surface area contributed by atoms with Gasteiger partial charge in [-0.05, 0) is 12.1 Å². The number of pyridine rings is 1. The summed E-state index contributed by atoms with van der Waals surface area (Å²) in [5, 5.41) is 1.99. The lowest BCUT2D eigenvalue weighted by Crippen LogP contribution is -2.17. The summed E-state index contributed by atoms with van der Waals surface area (Å²) in [4.78, 5) is 16.4. The topological polar surface area (TPSA) is 39.2 Å². The van der Waals surface area contributed by atoms with Gasteiger partial charge in [-0.1, -0.05) is 66.7 Å². The zero-order valence-corrected chi connectivity index (χ0v) is 12.7. The maximum absolute atomic E-state index is 12.3. The zero-order valence-electron chi connectivity index (χ0n) is 11.8. The first kappa shape index (κ1) is 14.4. The van der Waals surface area contributed by atoms with Crippen LogP contribution in [0.15, 0.2) is 85.1 Å². The Morgan fingerprint density at radius 3 is 1.82 bits per heavy atom. The van der Waals surface area contributed by atoms with E-state index in [1.807, 2.05) is 60.7 Å². The first-order valence-electron chi connectivity index (χ1n) is 6.88. The number of rotatable bonds is 4. The number of aromatic nitrogens is 1. The van der Waals surface area contributed by atoms with Crippen molar-refractivity contribution in [2.45, 2.75) is 0 Å². The van der Waals surface area contributed by atoms with Crippen molar-refractivity contribution in [2.24, 2.45) is 0 Å². The van der Waals surface area contributed by atoms with E-state index in [0.29, 0.717) is 5.69 Å².